The molecule has 0 aliphatic carbocycles. The van der Waals surface area contributed by atoms with Crippen LogP contribution in [0.3, 0.4) is 0 Å². The molecular weight excluding hydrogens is 437 g/mol. The first-order valence-corrected chi connectivity index (χ1v) is 10.8. The number of nitrogens with one attached hydrogen (secondary N) is 2. The number of amides is 2. The number of carbonyl (C=O) groups is 2. The lowest BCUT2D eigenvalue weighted by atomic mass is 9.93. The minimum absolute atomic E-state index is 0.0944. The molecule has 3 aromatic rings. The maximum atomic E-state index is 13.5. The van der Waals surface area contributed by atoms with Crippen molar-refractivity contribution in [2.24, 2.45) is 0 Å². The molecule has 1 aromatic heterocycles. The van der Waals surface area contributed by atoms with Crippen LogP contribution < -0.4 is 15.4 Å². The summed E-state index contributed by atoms with van der Waals surface area (Å²) in [7, 11) is 1.60. The van der Waals surface area contributed by atoms with E-state index in [4.69, 9.17) is 9.47 Å². The molecule has 1 aliphatic rings. The highest BCUT2D eigenvalue weighted by atomic mass is 19.1. The highest BCUT2D eigenvalue weighted by Crippen LogP contribution is 2.29. The molecule has 2 N–H and O–H groups in total. The van der Waals surface area contributed by atoms with Crippen LogP contribution in [0.25, 0.3) is 0 Å². The Bertz CT molecular complexity index is 1200. The minimum atomic E-state index is -0.706. The average molecular weight is 461 g/mol. The van der Waals surface area contributed by atoms with Gasteiger partial charge in [-0.2, -0.15) is 0 Å². The van der Waals surface area contributed by atoms with E-state index < -0.39 is 23.9 Å². The lowest BCUT2D eigenvalue weighted by Gasteiger charge is -2.29. The topological polar surface area (TPSA) is 89.6 Å². The van der Waals surface area contributed by atoms with Crippen LogP contribution in [-0.4, -0.2) is 24.1 Å². The van der Waals surface area contributed by atoms with Gasteiger partial charge in [-0.15, -0.1) is 0 Å². The molecule has 0 spiro atoms. The molecule has 1 aliphatic heterocycles. The van der Waals surface area contributed by atoms with Crippen LogP contribution >= 0.6 is 0 Å². The van der Waals surface area contributed by atoms with Gasteiger partial charge in [-0.1, -0.05) is 24.3 Å². The number of hydrogen-bond donors (Lipinski definition) is 2. The van der Waals surface area contributed by atoms with Gasteiger partial charge in [-0.25, -0.2) is 14.0 Å². The van der Waals surface area contributed by atoms with Crippen LogP contribution in [0.1, 0.15) is 29.2 Å². The van der Waals surface area contributed by atoms with E-state index in [1.807, 2.05) is 24.3 Å². The van der Waals surface area contributed by atoms with E-state index in [1.165, 1.54) is 12.1 Å². The molecule has 8 heteroatoms. The van der Waals surface area contributed by atoms with E-state index in [0.29, 0.717) is 35.2 Å². The number of carbonyl (C=O) groups excluding carboxylic acids is 2. The normalized spacial score (nSPS) is 15.4. The summed E-state index contributed by atoms with van der Waals surface area (Å²) < 4.78 is 24.3. The molecule has 2 heterocycles. The average Bonchev–Trinajstić information content (AvgIpc) is 2.86. The number of allylic oxidation sites excluding steroid dienone is 1. The third-order valence-electron chi connectivity index (χ3n) is 5.49. The van der Waals surface area contributed by atoms with Crippen LogP contribution in [-0.2, 0) is 22.6 Å². The minimum Gasteiger partial charge on any atom is -0.497 e. The first kappa shape index (κ1) is 23.0. The van der Waals surface area contributed by atoms with Crippen LogP contribution in [0.4, 0.5) is 9.18 Å². The van der Waals surface area contributed by atoms with Gasteiger partial charge in [0, 0.05) is 18.1 Å². The van der Waals surface area contributed by atoms with E-state index in [-0.39, 0.29) is 6.61 Å². The lowest BCUT2D eigenvalue weighted by Crippen LogP contribution is -2.46. The summed E-state index contributed by atoms with van der Waals surface area (Å²) in [6.45, 7) is -0.0944. The van der Waals surface area contributed by atoms with E-state index in [2.05, 4.69) is 15.6 Å². The lowest BCUT2D eigenvalue weighted by molar-refractivity contribution is -0.140. The largest absolute Gasteiger partial charge is 0.497 e. The standard InChI is InChI=1S/C26H24FN3O4/c1-33-21-8-5-17(6-9-21)7-10-22-23(25(31)34-16-18-3-2-4-20(27)15-18)24(30-26(32)29-22)19-11-13-28-14-12-19/h2-6,8-9,11-15,24H,7,10,16H2,1H3,(H2,29,30,32). The fraction of sp³-hybridized carbons (Fsp3) is 0.192. The number of rotatable bonds is 8. The first-order valence-electron chi connectivity index (χ1n) is 10.8. The molecule has 34 heavy (non-hydrogen) atoms. The Morgan fingerprint density at radius 2 is 1.79 bits per heavy atom. The Balaban J connectivity index is 1.61. The van der Waals surface area contributed by atoms with Crippen molar-refractivity contribution in [2.45, 2.75) is 25.5 Å². The van der Waals surface area contributed by atoms with Crippen LogP contribution in [0.5, 0.6) is 5.75 Å². The zero-order valence-electron chi connectivity index (χ0n) is 18.6. The molecule has 0 radical (unpaired) electrons. The highest BCUT2D eigenvalue weighted by Gasteiger charge is 2.33. The second-order valence-corrected chi connectivity index (χ2v) is 7.76. The molecule has 174 valence electrons. The monoisotopic (exact) mass is 461 g/mol. The predicted molar refractivity (Wildman–Crippen MR) is 123 cm³/mol. The number of benzene rings is 2. The van der Waals surface area contributed by atoms with Crippen molar-refractivity contribution < 1.29 is 23.5 Å². The molecule has 2 amide bonds. The van der Waals surface area contributed by atoms with Gasteiger partial charge in [-0.05, 0) is 65.9 Å². The van der Waals surface area contributed by atoms with E-state index in [9.17, 15) is 14.0 Å². The van der Waals surface area contributed by atoms with Crippen molar-refractivity contribution >= 4 is 12.0 Å². The van der Waals surface area contributed by atoms with Gasteiger partial charge >= 0.3 is 12.0 Å². The highest BCUT2D eigenvalue weighted by molar-refractivity contribution is 5.95. The number of pyridine rings is 1. The Morgan fingerprint density at radius 3 is 2.50 bits per heavy atom. The van der Waals surface area contributed by atoms with Crippen molar-refractivity contribution in [1.29, 1.82) is 0 Å². The maximum absolute atomic E-state index is 13.5. The van der Waals surface area contributed by atoms with Crippen LogP contribution in [0.2, 0.25) is 0 Å². The zero-order valence-corrected chi connectivity index (χ0v) is 18.6. The molecule has 0 bridgehead atoms. The summed E-state index contributed by atoms with van der Waals surface area (Å²) in [4.78, 5) is 29.7. The molecular formula is C26H24FN3O4. The molecule has 1 unspecified atom stereocenters. The SMILES string of the molecule is COc1ccc(CCC2=C(C(=O)OCc3cccc(F)c3)C(c3ccncc3)NC(=O)N2)cc1. The third-order valence-corrected chi connectivity index (χ3v) is 5.49. The molecule has 2 aromatic carbocycles. The van der Waals surface area contributed by atoms with E-state index in [1.54, 1.807) is 43.8 Å². The van der Waals surface area contributed by atoms with Crippen LogP contribution in [0.15, 0.2) is 84.3 Å². The van der Waals surface area contributed by atoms with Crippen molar-refractivity contribution in [3.05, 3.63) is 107 Å². The van der Waals surface area contributed by atoms with E-state index >= 15 is 0 Å². The number of nitrogens with zero attached hydrogens (tertiary/aromatic N) is 1. The Hall–Kier alpha value is -4.20. The summed E-state index contributed by atoms with van der Waals surface area (Å²) in [6.07, 6.45) is 4.18. The number of hydrogen-bond acceptors (Lipinski definition) is 5. The Morgan fingerprint density at radius 1 is 1.03 bits per heavy atom. The maximum Gasteiger partial charge on any atom is 0.338 e. The molecule has 1 atom stereocenters. The van der Waals surface area contributed by atoms with Crippen LogP contribution in [0, 0.1) is 5.82 Å². The predicted octanol–water partition coefficient (Wildman–Crippen LogP) is 4.21. The van der Waals surface area contributed by atoms with Gasteiger partial charge in [-0.3, -0.25) is 4.98 Å². The summed E-state index contributed by atoms with van der Waals surface area (Å²) in [5.41, 5.74) is 3.03. The molecule has 0 saturated heterocycles. The Kier molecular flexibility index (Phi) is 7.17. The van der Waals surface area contributed by atoms with Crippen molar-refractivity contribution in [3.63, 3.8) is 0 Å². The molecule has 0 fully saturated rings. The van der Waals surface area contributed by atoms with Crippen molar-refractivity contribution in [3.8, 4) is 5.75 Å². The molecule has 7 nitrogen and oxygen atoms in total. The molecule has 0 saturated carbocycles. The van der Waals surface area contributed by atoms with Gasteiger partial charge in [0.2, 0.25) is 0 Å². The van der Waals surface area contributed by atoms with Crippen molar-refractivity contribution in [2.75, 3.05) is 7.11 Å². The molecule has 4 rings (SSSR count). The number of aryl methyl sites for hydroxylation is 1. The summed E-state index contributed by atoms with van der Waals surface area (Å²) in [5, 5.41) is 5.58. The summed E-state index contributed by atoms with van der Waals surface area (Å²) in [5.74, 6) is -0.255. The first-order chi connectivity index (χ1) is 16.5. The van der Waals surface area contributed by atoms with Gasteiger partial charge in [0.15, 0.2) is 0 Å². The van der Waals surface area contributed by atoms with Gasteiger partial charge in [0.05, 0.1) is 18.7 Å². The fourth-order valence-electron chi connectivity index (χ4n) is 3.78. The van der Waals surface area contributed by atoms with Gasteiger partial charge < -0.3 is 20.1 Å². The van der Waals surface area contributed by atoms with Crippen molar-refractivity contribution in [1.82, 2.24) is 15.6 Å². The smallest absolute Gasteiger partial charge is 0.338 e. The zero-order chi connectivity index (χ0) is 23.9. The second-order valence-electron chi connectivity index (χ2n) is 7.76. The Labute approximate surface area is 196 Å². The van der Waals surface area contributed by atoms with E-state index in [0.717, 1.165) is 11.3 Å². The quantitative estimate of drug-likeness (QED) is 0.491. The fourth-order valence-corrected chi connectivity index (χ4v) is 3.78. The second kappa shape index (κ2) is 10.6. The number of esters is 1. The van der Waals surface area contributed by atoms with Gasteiger partial charge in [0.1, 0.15) is 18.2 Å². The number of aromatic nitrogens is 1. The summed E-state index contributed by atoms with van der Waals surface area (Å²) >= 11 is 0. The number of methoxy groups -OCH3 is 1. The summed E-state index contributed by atoms with van der Waals surface area (Å²) in [6, 6.07) is 15.8. The van der Waals surface area contributed by atoms with Gasteiger partial charge in [0.25, 0.3) is 0 Å². The number of urea groups is 1. The number of ether oxygens (including phenoxy) is 2. The number of halogens is 1. The third kappa shape index (κ3) is 5.58.